The SMILES string of the molecule is CC(C)CCn1c(CCl)nc2ccc(C#N)cc21. The molecule has 0 amide bonds. The molecule has 1 heterocycles. The van der Waals surface area contributed by atoms with Crippen molar-refractivity contribution in [2.45, 2.75) is 32.7 Å². The summed E-state index contributed by atoms with van der Waals surface area (Å²) in [4.78, 5) is 4.51. The number of nitriles is 1. The number of aryl methyl sites for hydroxylation is 1. The first-order valence-electron chi connectivity index (χ1n) is 6.11. The molecule has 0 aliphatic carbocycles. The van der Waals surface area contributed by atoms with Crippen LogP contribution in [0.3, 0.4) is 0 Å². The Morgan fingerprint density at radius 1 is 1.44 bits per heavy atom. The largest absolute Gasteiger partial charge is 0.327 e. The number of imidazole rings is 1. The van der Waals surface area contributed by atoms with Gasteiger partial charge < -0.3 is 4.57 Å². The fourth-order valence-electron chi connectivity index (χ4n) is 1.98. The molecule has 4 heteroatoms. The fourth-order valence-corrected chi connectivity index (χ4v) is 2.19. The van der Waals surface area contributed by atoms with Crippen LogP contribution in [0.1, 0.15) is 31.7 Å². The lowest BCUT2D eigenvalue weighted by Gasteiger charge is -2.09. The molecule has 18 heavy (non-hydrogen) atoms. The van der Waals surface area contributed by atoms with Crippen LogP contribution in [0.25, 0.3) is 11.0 Å². The summed E-state index contributed by atoms with van der Waals surface area (Å²) in [5.74, 6) is 1.90. The van der Waals surface area contributed by atoms with Crippen molar-refractivity contribution in [3.63, 3.8) is 0 Å². The van der Waals surface area contributed by atoms with Gasteiger partial charge in [-0.2, -0.15) is 5.26 Å². The van der Waals surface area contributed by atoms with Crippen molar-refractivity contribution in [3.8, 4) is 6.07 Å². The highest BCUT2D eigenvalue weighted by atomic mass is 35.5. The van der Waals surface area contributed by atoms with Crippen LogP contribution in [-0.2, 0) is 12.4 Å². The fraction of sp³-hybridized carbons (Fsp3) is 0.429. The second-order valence-corrected chi connectivity index (χ2v) is 5.08. The van der Waals surface area contributed by atoms with E-state index >= 15 is 0 Å². The minimum Gasteiger partial charge on any atom is -0.327 e. The van der Waals surface area contributed by atoms with Gasteiger partial charge in [-0.3, -0.25) is 0 Å². The average molecular weight is 262 g/mol. The number of alkyl halides is 1. The zero-order valence-corrected chi connectivity index (χ0v) is 11.4. The van der Waals surface area contributed by atoms with Crippen LogP contribution >= 0.6 is 11.6 Å². The molecular formula is C14H16ClN3. The first-order chi connectivity index (χ1) is 8.65. The summed E-state index contributed by atoms with van der Waals surface area (Å²) in [6.45, 7) is 5.28. The lowest BCUT2D eigenvalue weighted by atomic mass is 10.1. The number of nitrogens with zero attached hydrogens (tertiary/aromatic N) is 3. The minimum absolute atomic E-state index is 0.397. The van der Waals surface area contributed by atoms with E-state index in [2.05, 4.69) is 29.5 Å². The molecule has 0 atom stereocenters. The number of rotatable bonds is 4. The highest BCUT2D eigenvalue weighted by Gasteiger charge is 2.10. The number of benzene rings is 1. The van der Waals surface area contributed by atoms with E-state index in [1.807, 2.05) is 12.1 Å². The zero-order chi connectivity index (χ0) is 13.1. The molecule has 0 aliphatic heterocycles. The minimum atomic E-state index is 0.397. The van der Waals surface area contributed by atoms with E-state index in [-0.39, 0.29) is 0 Å². The molecule has 1 aromatic heterocycles. The maximum atomic E-state index is 8.96. The van der Waals surface area contributed by atoms with Crippen LogP contribution in [-0.4, -0.2) is 9.55 Å². The van der Waals surface area contributed by atoms with Gasteiger partial charge in [0.15, 0.2) is 0 Å². The first kappa shape index (κ1) is 12.9. The molecule has 2 aromatic rings. The third kappa shape index (κ3) is 2.49. The van der Waals surface area contributed by atoms with Crippen LogP contribution in [0.2, 0.25) is 0 Å². The molecule has 2 rings (SSSR count). The van der Waals surface area contributed by atoms with Gasteiger partial charge in [0.05, 0.1) is 28.5 Å². The molecule has 0 unspecified atom stereocenters. The Morgan fingerprint density at radius 2 is 2.22 bits per heavy atom. The van der Waals surface area contributed by atoms with Crippen LogP contribution in [0, 0.1) is 17.2 Å². The molecule has 0 spiro atoms. The lowest BCUT2D eigenvalue weighted by Crippen LogP contribution is -2.05. The Balaban J connectivity index is 2.49. The van der Waals surface area contributed by atoms with Gasteiger partial charge in [-0.15, -0.1) is 11.6 Å². The predicted octanol–water partition coefficient (Wildman–Crippen LogP) is 3.69. The summed E-state index contributed by atoms with van der Waals surface area (Å²) < 4.78 is 2.13. The van der Waals surface area contributed by atoms with Gasteiger partial charge in [-0.05, 0) is 30.5 Å². The topological polar surface area (TPSA) is 41.6 Å². The second kappa shape index (κ2) is 5.41. The molecule has 94 valence electrons. The molecule has 1 aromatic carbocycles. The third-order valence-electron chi connectivity index (χ3n) is 3.01. The molecule has 0 fully saturated rings. The molecule has 0 saturated heterocycles. The summed E-state index contributed by atoms with van der Waals surface area (Å²) in [5, 5.41) is 8.96. The Bertz CT molecular complexity index is 593. The Hall–Kier alpha value is -1.53. The van der Waals surface area contributed by atoms with Crippen LogP contribution in [0.5, 0.6) is 0 Å². The van der Waals surface area contributed by atoms with Crippen molar-refractivity contribution < 1.29 is 0 Å². The molecular weight excluding hydrogens is 246 g/mol. The van der Waals surface area contributed by atoms with E-state index in [1.54, 1.807) is 6.07 Å². The summed E-state index contributed by atoms with van der Waals surface area (Å²) in [5.41, 5.74) is 2.58. The van der Waals surface area contributed by atoms with E-state index in [1.165, 1.54) is 0 Å². The summed E-state index contributed by atoms with van der Waals surface area (Å²) in [6.07, 6.45) is 1.08. The number of fused-ring (bicyclic) bond motifs is 1. The summed E-state index contributed by atoms with van der Waals surface area (Å²) in [6, 6.07) is 7.73. The lowest BCUT2D eigenvalue weighted by molar-refractivity contribution is 0.516. The number of halogens is 1. The van der Waals surface area contributed by atoms with Crippen molar-refractivity contribution in [3.05, 3.63) is 29.6 Å². The molecule has 0 bridgehead atoms. The van der Waals surface area contributed by atoms with Crippen molar-refractivity contribution in [1.29, 1.82) is 5.26 Å². The maximum absolute atomic E-state index is 8.96. The van der Waals surface area contributed by atoms with Crippen LogP contribution < -0.4 is 0 Å². The van der Waals surface area contributed by atoms with Crippen molar-refractivity contribution in [2.24, 2.45) is 5.92 Å². The molecule has 0 saturated carbocycles. The highest BCUT2D eigenvalue weighted by molar-refractivity contribution is 6.16. The summed E-state index contributed by atoms with van der Waals surface area (Å²) >= 11 is 5.94. The van der Waals surface area contributed by atoms with Gasteiger partial charge in [-0.1, -0.05) is 13.8 Å². The monoisotopic (exact) mass is 261 g/mol. The summed E-state index contributed by atoms with van der Waals surface area (Å²) in [7, 11) is 0. The van der Waals surface area contributed by atoms with Gasteiger partial charge in [0.2, 0.25) is 0 Å². The maximum Gasteiger partial charge on any atom is 0.124 e. The molecule has 3 nitrogen and oxygen atoms in total. The van der Waals surface area contributed by atoms with Gasteiger partial charge >= 0.3 is 0 Å². The average Bonchev–Trinajstić information content (AvgIpc) is 2.72. The third-order valence-corrected chi connectivity index (χ3v) is 3.25. The smallest absolute Gasteiger partial charge is 0.124 e. The number of hydrogen-bond donors (Lipinski definition) is 0. The number of aromatic nitrogens is 2. The zero-order valence-electron chi connectivity index (χ0n) is 10.7. The van der Waals surface area contributed by atoms with Gasteiger partial charge in [0.25, 0.3) is 0 Å². The second-order valence-electron chi connectivity index (χ2n) is 4.81. The van der Waals surface area contributed by atoms with Crippen LogP contribution in [0.4, 0.5) is 0 Å². The Labute approximate surface area is 112 Å². The first-order valence-corrected chi connectivity index (χ1v) is 6.64. The Morgan fingerprint density at radius 3 is 2.83 bits per heavy atom. The van der Waals surface area contributed by atoms with Gasteiger partial charge in [0.1, 0.15) is 5.82 Å². The van der Waals surface area contributed by atoms with E-state index in [9.17, 15) is 0 Å². The molecule has 0 aliphatic rings. The van der Waals surface area contributed by atoms with E-state index in [0.29, 0.717) is 17.4 Å². The highest BCUT2D eigenvalue weighted by Crippen LogP contribution is 2.20. The standard InChI is InChI=1S/C14H16ClN3/c1-10(2)5-6-18-13-7-11(9-16)3-4-12(13)17-14(18)8-15/h3-4,7,10H,5-6,8H2,1-2H3. The van der Waals surface area contributed by atoms with Crippen molar-refractivity contribution in [1.82, 2.24) is 9.55 Å². The van der Waals surface area contributed by atoms with E-state index < -0.39 is 0 Å². The van der Waals surface area contributed by atoms with E-state index in [4.69, 9.17) is 16.9 Å². The van der Waals surface area contributed by atoms with Crippen molar-refractivity contribution >= 4 is 22.6 Å². The van der Waals surface area contributed by atoms with E-state index in [0.717, 1.165) is 29.8 Å². The van der Waals surface area contributed by atoms with Gasteiger partial charge in [0, 0.05) is 6.54 Å². The van der Waals surface area contributed by atoms with Crippen molar-refractivity contribution in [2.75, 3.05) is 0 Å². The normalized spacial score (nSPS) is 11.1. The predicted molar refractivity (Wildman–Crippen MR) is 73.5 cm³/mol. The quantitative estimate of drug-likeness (QED) is 0.788. The molecule has 0 N–H and O–H groups in total. The van der Waals surface area contributed by atoms with Crippen LogP contribution in [0.15, 0.2) is 18.2 Å². The molecule has 0 radical (unpaired) electrons. The Kier molecular flexibility index (Phi) is 3.88. The number of hydrogen-bond acceptors (Lipinski definition) is 2. The van der Waals surface area contributed by atoms with Gasteiger partial charge in [-0.25, -0.2) is 4.98 Å².